The number of rotatable bonds is 3. The van der Waals surface area contributed by atoms with Crippen LogP contribution in [0.2, 0.25) is 5.02 Å². The Labute approximate surface area is 185 Å². The van der Waals surface area contributed by atoms with Gasteiger partial charge in [-0.2, -0.15) is 5.10 Å². The lowest BCUT2D eigenvalue weighted by molar-refractivity contribution is 0.163. The highest BCUT2D eigenvalue weighted by atomic mass is 35.5. The smallest absolute Gasteiger partial charge is 0.191 e. The van der Waals surface area contributed by atoms with Crippen LogP contribution in [0.5, 0.6) is 0 Å². The third-order valence-electron chi connectivity index (χ3n) is 6.34. The van der Waals surface area contributed by atoms with E-state index in [9.17, 15) is 4.39 Å². The molecule has 4 saturated heterocycles. The highest BCUT2D eigenvalue weighted by molar-refractivity contribution is 7.80. The molecule has 4 heterocycles. The second-order valence-corrected chi connectivity index (χ2v) is 9.12. The third-order valence-corrected chi connectivity index (χ3v) is 6.82. The van der Waals surface area contributed by atoms with Gasteiger partial charge in [-0.05, 0) is 36.0 Å². The summed E-state index contributed by atoms with van der Waals surface area (Å²) in [5.74, 6) is -0.0911. The van der Waals surface area contributed by atoms with Gasteiger partial charge in [0.25, 0.3) is 0 Å². The van der Waals surface area contributed by atoms with Crippen molar-refractivity contribution in [3.8, 4) is 0 Å². The fraction of sp³-hybridized carbons (Fsp3) is 0.364. The molecule has 2 unspecified atom stereocenters. The number of thiocarbonyl (C=S) groups is 1. The van der Waals surface area contributed by atoms with Crippen molar-refractivity contribution in [2.45, 2.75) is 5.41 Å². The van der Waals surface area contributed by atoms with E-state index in [0.29, 0.717) is 16.7 Å². The van der Waals surface area contributed by atoms with Crippen LogP contribution in [0.3, 0.4) is 0 Å². The molecule has 156 valence electrons. The molecule has 0 radical (unpaired) electrons. The van der Waals surface area contributed by atoms with Crippen LogP contribution in [-0.4, -0.2) is 59.9 Å². The second kappa shape index (κ2) is 7.89. The molecule has 2 atom stereocenters. The van der Waals surface area contributed by atoms with E-state index in [1.807, 2.05) is 0 Å². The van der Waals surface area contributed by atoms with Gasteiger partial charge in [-0.3, -0.25) is 5.43 Å². The maximum atomic E-state index is 13.4. The second-order valence-electron chi connectivity index (χ2n) is 8.31. The van der Waals surface area contributed by atoms with Crippen LogP contribution in [0.15, 0.2) is 53.6 Å². The molecule has 4 aliphatic heterocycles. The minimum atomic E-state index is -0.458. The Bertz CT molecular complexity index is 982. The number of piperidine rings is 2. The summed E-state index contributed by atoms with van der Waals surface area (Å²) in [5.41, 5.74) is 6.00. The van der Waals surface area contributed by atoms with Crippen molar-refractivity contribution >= 4 is 40.3 Å². The summed E-state index contributed by atoms with van der Waals surface area (Å²) in [6.45, 7) is 6.21. The van der Waals surface area contributed by atoms with Gasteiger partial charge < -0.3 is 15.1 Å². The van der Waals surface area contributed by atoms with Gasteiger partial charge in [0.05, 0.1) is 16.1 Å². The number of anilines is 1. The number of hydrogen-bond acceptors (Lipinski definition) is 4. The van der Waals surface area contributed by atoms with Crippen LogP contribution >= 0.6 is 23.8 Å². The Morgan fingerprint density at radius 2 is 1.80 bits per heavy atom. The van der Waals surface area contributed by atoms with Crippen molar-refractivity contribution in [2.24, 2.45) is 11.0 Å². The molecular formula is C22H23ClFN5S. The Balaban J connectivity index is 1.42. The SMILES string of the molecule is Fc1ccc(NC(=S)NN=C2C3CN4CCN(C3)CC2(c2ccccc2)C4)cc1Cl. The molecule has 2 aromatic carbocycles. The lowest BCUT2D eigenvalue weighted by Crippen LogP contribution is -2.64. The summed E-state index contributed by atoms with van der Waals surface area (Å²) >= 11 is 11.3. The first-order valence-corrected chi connectivity index (χ1v) is 10.9. The van der Waals surface area contributed by atoms with Crippen LogP contribution in [0.1, 0.15) is 5.56 Å². The highest BCUT2D eigenvalue weighted by Gasteiger charge is 2.53. The first-order valence-electron chi connectivity index (χ1n) is 10.1. The van der Waals surface area contributed by atoms with E-state index in [4.69, 9.17) is 28.9 Å². The maximum absolute atomic E-state index is 13.4. The van der Waals surface area contributed by atoms with Crippen LogP contribution in [0.4, 0.5) is 10.1 Å². The van der Waals surface area contributed by atoms with E-state index in [-0.39, 0.29) is 10.4 Å². The number of benzene rings is 2. The summed E-state index contributed by atoms with van der Waals surface area (Å²) in [6.07, 6.45) is 0. The highest BCUT2D eigenvalue weighted by Crippen LogP contribution is 2.41. The van der Waals surface area contributed by atoms with Gasteiger partial charge in [0.1, 0.15) is 5.82 Å². The Hall–Kier alpha value is -2.06. The van der Waals surface area contributed by atoms with Crippen LogP contribution in [0, 0.1) is 11.7 Å². The molecule has 0 spiro atoms. The van der Waals surface area contributed by atoms with Crippen molar-refractivity contribution in [1.29, 1.82) is 0 Å². The fourth-order valence-corrected chi connectivity index (χ4v) is 5.45. The summed E-state index contributed by atoms with van der Waals surface area (Å²) < 4.78 is 13.4. The predicted molar refractivity (Wildman–Crippen MR) is 123 cm³/mol. The van der Waals surface area contributed by atoms with Gasteiger partial charge in [0.2, 0.25) is 0 Å². The van der Waals surface area contributed by atoms with E-state index in [1.54, 1.807) is 6.07 Å². The van der Waals surface area contributed by atoms with Crippen molar-refractivity contribution in [3.63, 3.8) is 0 Å². The van der Waals surface area contributed by atoms with Crippen molar-refractivity contribution < 1.29 is 4.39 Å². The van der Waals surface area contributed by atoms with E-state index in [0.717, 1.165) is 39.3 Å². The third kappa shape index (κ3) is 3.60. The zero-order valence-corrected chi connectivity index (χ0v) is 18.0. The monoisotopic (exact) mass is 443 g/mol. The summed E-state index contributed by atoms with van der Waals surface area (Å²) in [5, 5.41) is 8.31. The van der Waals surface area contributed by atoms with Crippen molar-refractivity contribution in [1.82, 2.24) is 15.2 Å². The normalized spacial score (nSPS) is 30.9. The predicted octanol–water partition coefficient (Wildman–Crippen LogP) is 3.32. The average Bonchev–Trinajstić information content (AvgIpc) is 2.99. The fourth-order valence-electron chi connectivity index (χ4n) is 5.10. The molecule has 0 amide bonds. The van der Waals surface area contributed by atoms with Gasteiger partial charge in [0.15, 0.2) is 5.11 Å². The number of nitrogens with zero attached hydrogens (tertiary/aromatic N) is 3. The van der Waals surface area contributed by atoms with Gasteiger partial charge >= 0.3 is 0 Å². The molecular weight excluding hydrogens is 421 g/mol. The zero-order chi connectivity index (χ0) is 20.7. The van der Waals surface area contributed by atoms with Crippen LogP contribution in [-0.2, 0) is 5.41 Å². The zero-order valence-electron chi connectivity index (χ0n) is 16.4. The molecule has 2 aromatic rings. The molecule has 0 saturated carbocycles. The molecule has 8 heteroatoms. The Morgan fingerprint density at radius 3 is 2.47 bits per heavy atom. The van der Waals surface area contributed by atoms with Crippen molar-refractivity contribution in [2.75, 3.05) is 44.6 Å². The van der Waals surface area contributed by atoms with Gasteiger partial charge in [-0.25, -0.2) is 4.39 Å². The minimum absolute atomic E-state index is 0.0533. The molecule has 5 nitrogen and oxygen atoms in total. The Kier molecular flexibility index (Phi) is 5.23. The minimum Gasteiger partial charge on any atom is -0.331 e. The lowest BCUT2D eigenvalue weighted by Gasteiger charge is -2.50. The summed E-state index contributed by atoms with van der Waals surface area (Å²) in [4.78, 5) is 5.14. The molecule has 4 bridgehead atoms. The molecule has 0 aromatic heterocycles. The van der Waals surface area contributed by atoms with Crippen LogP contribution in [0.25, 0.3) is 0 Å². The summed E-state index contributed by atoms with van der Waals surface area (Å²) in [6, 6.07) is 15.1. The summed E-state index contributed by atoms with van der Waals surface area (Å²) in [7, 11) is 0. The van der Waals surface area contributed by atoms with Crippen LogP contribution < -0.4 is 10.7 Å². The van der Waals surface area contributed by atoms with Gasteiger partial charge in [-0.15, -0.1) is 0 Å². The topological polar surface area (TPSA) is 42.9 Å². The molecule has 0 aliphatic carbocycles. The maximum Gasteiger partial charge on any atom is 0.191 e. The van der Waals surface area contributed by atoms with E-state index < -0.39 is 5.82 Å². The average molecular weight is 444 g/mol. The van der Waals surface area contributed by atoms with E-state index >= 15 is 0 Å². The quantitative estimate of drug-likeness (QED) is 0.562. The first-order chi connectivity index (χ1) is 14.5. The molecule has 6 rings (SSSR count). The Morgan fingerprint density at radius 1 is 1.10 bits per heavy atom. The largest absolute Gasteiger partial charge is 0.331 e. The van der Waals surface area contributed by atoms with Crippen molar-refractivity contribution in [3.05, 3.63) is 64.9 Å². The van der Waals surface area contributed by atoms with E-state index in [2.05, 4.69) is 50.9 Å². The number of fused-ring (bicyclic) bond motifs is 1. The molecule has 4 fully saturated rings. The number of hydrogen-bond donors (Lipinski definition) is 2. The molecule has 30 heavy (non-hydrogen) atoms. The number of halogens is 2. The van der Waals surface area contributed by atoms with E-state index in [1.165, 1.54) is 23.4 Å². The lowest BCUT2D eigenvalue weighted by atomic mass is 9.66. The van der Waals surface area contributed by atoms with Gasteiger partial charge in [-0.1, -0.05) is 41.9 Å². The van der Waals surface area contributed by atoms with Gasteiger partial charge in [0, 0.05) is 50.9 Å². The number of hydrazone groups is 1. The number of nitrogens with one attached hydrogen (secondary N) is 2. The molecule has 2 N–H and O–H groups in total. The standard InChI is InChI=1S/C22H23ClFN5S/c23-18-10-17(6-7-19(18)24)25-21(30)27-26-20-15-11-28-8-9-29(12-15)14-22(20,13-28)16-4-2-1-3-5-16/h1-7,10,15H,8-9,11-14H2,(H2,25,27,30). The first kappa shape index (κ1) is 19.9. The molecule has 4 aliphatic rings.